The van der Waals surface area contributed by atoms with Crippen molar-refractivity contribution in [1.82, 2.24) is 5.32 Å². The van der Waals surface area contributed by atoms with Crippen LogP contribution in [0, 0.1) is 5.82 Å². The highest BCUT2D eigenvalue weighted by molar-refractivity contribution is 5.88. The van der Waals surface area contributed by atoms with Crippen LogP contribution in [0.25, 0.3) is 0 Å². The van der Waals surface area contributed by atoms with E-state index in [1.54, 1.807) is 24.3 Å². The number of para-hydroxylation sites is 1. The van der Waals surface area contributed by atoms with Crippen molar-refractivity contribution in [2.45, 2.75) is 31.7 Å². The van der Waals surface area contributed by atoms with Crippen LogP contribution in [-0.4, -0.2) is 30.1 Å². The third kappa shape index (κ3) is 5.58. The van der Waals surface area contributed by atoms with Crippen LogP contribution in [0.3, 0.4) is 0 Å². The maximum atomic E-state index is 13.6. The summed E-state index contributed by atoms with van der Waals surface area (Å²) in [6, 6.07) is 20.1. The lowest BCUT2D eigenvalue weighted by atomic mass is 9.95. The molecule has 1 fully saturated rings. The monoisotopic (exact) mass is 446 g/mol. The average Bonchev–Trinajstić information content (AvgIpc) is 2.84. The fourth-order valence-corrected chi connectivity index (χ4v) is 4.31. The number of carbonyl (C=O) groups excluding carboxylic acids is 1. The quantitative estimate of drug-likeness (QED) is 0.538. The van der Waals surface area contributed by atoms with Gasteiger partial charge in [0.1, 0.15) is 5.82 Å². The van der Waals surface area contributed by atoms with Gasteiger partial charge in [-0.1, -0.05) is 42.5 Å². The third-order valence-corrected chi connectivity index (χ3v) is 6.02. The van der Waals surface area contributed by atoms with E-state index in [0.29, 0.717) is 0 Å². The number of rotatable bonds is 7. The first kappa shape index (κ1) is 22.5. The number of carbonyl (C=O) groups is 2. The van der Waals surface area contributed by atoms with E-state index >= 15 is 0 Å². The molecule has 1 saturated heterocycles. The molecule has 0 radical (unpaired) electrons. The Morgan fingerprint density at radius 1 is 0.909 bits per heavy atom. The summed E-state index contributed by atoms with van der Waals surface area (Å²) in [7, 11) is 0. The lowest BCUT2D eigenvalue weighted by Gasteiger charge is -2.33. The summed E-state index contributed by atoms with van der Waals surface area (Å²) >= 11 is 0. The van der Waals surface area contributed by atoms with Gasteiger partial charge in [-0.15, -0.1) is 0 Å². The van der Waals surface area contributed by atoms with Gasteiger partial charge in [-0.05, 0) is 60.7 Å². The normalized spacial score (nSPS) is 14.5. The summed E-state index contributed by atoms with van der Waals surface area (Å²) in [5.74, 6) is -1.52. The molecular weight excluding hydrogens is 419 g/mol. The topological polar surface area (TPSA) is 69.6 Å². The zero-order valence-electron chi connectivity index (χ0n) is 18.3. The van der Waals surface area contributed by atoms with Crippen LogP contribution in [0.15, 0.2) is 72.8 Å². The van der Waals surface area contributed by atoms with Crippen LogP contribution in [0.1, 0.15) is 52.4 Å². The van der Waals surface area contributed by atoms with Crippen LogP contribution in [0.2, 0.25) is 0 Å². The molecule has 5 nitrogen and oxygen atoms in total. The summed E-state index contributed by atoms with van der Waals surface area (Å²) in [6.07, 6.45) is 3.60. The van der Waals surface area contributed by atoms with Gasteiger partial charge in [0.15, 0.2) is 0 Å². The average molecular weight is 447 g/mol. The van der Waals surface area contributed by atoms with E-state index in [4.69, 9.17) is 5.11 Å². The van der Waals surface area contributed by atoms with Gasteiger partial charge in [-0.3, -0.25) is 4.79 Å². The number of halogens is 1. The van der Waals surface area contributed by atoms with Crippen molar-refractivity contribution in [3.8, 4) is 0 Å². The Kier molecular flexibility index (Phi) is 7.03. The fourth-order valence-electron chi connectivity index (χ4n) is 4.31. The largest absolute Gasteiger partial charge is 0.478 e. The smallest absolute Gasteiger partial charge is 0.335 e. The van der Waals surface area contributed by atoms with E-state index in [-0.39, 0.29) is 23.7 Å². The molecule has 3 aromatic carbocycles. The number of hydrogen-bond acceptors (Lipinski definition) is 3. The Hall–Kier alpha value is -3.67. The molecule has 2 N–H and O–H groups in total. The number of carboxylic acids is 1. The molecule has 33 heavy (non-hydrogen) atoms. The first-order chi connectivity index (χ1) is 16.0. The maximum Gasteiger partial charge on any atom is 0.335 e. The van der Waals surface area contributed by atoms with E-state index < -0.39 is 12.0 Å². The van der Waals surface area contributed by atoms with E-state index in [0.717, 1.165) is 48.3 Å². The van der Waals surface area contributed by atoms with Gasteiger partial charge in [0.05, 0.1) is 18.0 Å². The van der Waals surface area contributed by atoms with Gasteiger partial charge in [0.2, 0.25) is 5.91 Å². The second-order valence-electron chi connectivity index (χ2n) is 8.34. The highest BCUT2D eigenvalue weighted by Crippen LogP contribution is 2.32. The molecule has 170 valence electrons. The number of nitrogens with zero attached hydrogens (tertiary/aromatic N) is 1. The lowest BCUT2D eigenvalue weighted by Crippen LogP contribution is -2.34. The van der Waals surface area contributed by atoms with Crippen LogP contribution < -0.4 is 10.2 Å². The first-order valence-corrected chi connectivity index (χ1v) is 11.2. The summed E-state index contributed by atoms with van der Waals surface area (Å²) in [6.45, 7) is 1.94. The van der Waals surface area contributed by atoms with E-state index in [1.165, 1.54) is 30.7 Å². The van der Waals surface area contributed by atoms with E-state index in [9.17, 15) is 14.0 Å². The van der Waals surface area contributed by atoms with Gasteiger partial charge < -0.3 is 15.3 Å². The Bertz CT molecular complexity index is 1110. The number of nitrogens with one attached hydrogen (secondary N) is 1. The molecule has 0 saturated carbocycles. The number of piperidine rings is 1. The summed E-state index contributed by atoms with van der Waals surface area (Å²) in [5, 5.41) is 12.2. The van der Waals surface area contributed by atoms with Crippen LogP contribution in [0.5, 0.6) is 0 Å². The predicted molar refractivity (Wildman–Crippen MR) is 126 cm³/mol. The first-order valence-electron chi connectivity index (χ1n) is 11.2. The Morgan fingerprint density at radius 2 is 1.58 bits per heavy atom. The molecule has 4 rings (SSSR count). The van der Waals surface area contributed by atoms with E-state index in [1.807, 2.05) is 18.2 Å². The van der Waals surface area contributed by atoms with Crippen LogP contribution >= 0.6 is 0 Å². The Labute approximate surface area is 192 Å². The van der Waals surface area contributed by atoms with Crippen LogP contribution in [0.4, 0.5) is 10.1 Å². The highest BCUT2D eigenvalue weighted by atomic mass is 19.1. The molecule has 0 aliphatic carbocycles. The molecule has 6 heteroatoms. The number of hydrogen-bond donors (Lipinski definition) is 2. The van der Waals surface area contributed by atoms with Gasteiger partial charge in [0.25, 0.3) is 0 Å². The van der Waals surface area contributed by atoms with Crippen molar-refractivity contribution < 1.29 is 19.1 Å². The van der Waals surface area contributed by atoms with E-state index in [2.05, 4.69) is 16.3 Å². The number of anilines is 1. The number of carboxylic acid groups (broad SMARTS) is 1. The Balaban J connectivity index is 1.61. The fraction of sp³-hybridized carbons (Fsp3) is 0.259. The van der Waals surface area contributed by atoms with Gasteiger partial charge in [-0.25, -0.2) is 9.18 Å². The molecular formula is C27H27FN2O3. The minimum Gasteiger partial charge on any atom is -0.478 e. The minimum atomic E-state index is -1.00. The third-order valence-electron chi connectivity index (χ3n) is 6.02. The molecule has 1 aliphatic heterocycles. The van der Waals surface area contributed by atoms with Crippen molar-refractivity contribution in [2.24, 2.45) is 0 Å². The highest BCUT2D eigenvalue weighted by Gasteiger charge is 2.23. The van der Waals surface area contributed by atoms with Crippen LogP contribution in [-0.2, 0) is 11.2 Å². The SMILES string of the molecule is O=C(Cc1ccc(C(=O)O)cc1)NC(c1ccc(F)cc1)c1ccccc1N1CCCCC1. The van der Waals surface area contributed by atoms with Gasteiger partial charge in [0, 0.05) is 24.3 Å². The van der Waals surface area contributed by atoms with Crippen molar-refractivity contribution >= 4 is 17.6 Å². The molecule has 1 aliphatic rings. The molecule has 0 bridgehead atoms. The Morgan fingerprint density at radius 3 is 2.24 bits per heavy atom. The van der Waals surface area contributed by atoms with Gasteiger partial charge in [-0.2, -0.15) is 0 Å². The second kappa shape index (κ2) is 10.3. The zero-order valence-corrected chi connectivity index (χ0v) is 18.3. The molecule has 0 aromatic heterocycles. The van der Waals surface area contributed by atoms with Crippen molar-refractivity contribution in [3.63, 3.8) is 0 Å². The molecule has 1 unspecified atom stereocenters. The van der Waals surface area contributed by atoms with Crippen molar-refractivity contribution in [2.75, 3.05) is 18.0 Å². The van der Waals surface area contributed by atoms with Gasteiger partial charge >= 0.3 is 5.97 Å². The number of amides is 1. The maximum absolute atomic E-state index is 13.6. The van der Waals surface area contributed by atoms with Crippen molar-refractivity contribution in [3.05, 3.63) is 101 Å². The summed E-state index contributed by atoms with van der Waals surface area (Å²) in [4.78, 5) is 26.5. The lowest BCUT2D eigenvalue weighted by molar-refractivity contribution is -0.120. The van der Waals surface area contributed by atoms with Crippen molar-refractivity contribution in [1.29, 1.82) is 0 Å². The molecule has 1 amide bonds. The predicted octanol–water partition coefficient (Wildman–Crippen LogP) is 4.96. The molecule has 1 atom stereocenters. The second-order valence-corrected chi connectivity index (χ2v) is 8.34. The molecule has 0 spiro atoms. The summed E-state index contributed by atoms with van der Waals surface area (Å²) in [5.41, 5.74) is 3.76. The number of benzene rings is 3. The molecule has 1 heterocycles. The molecule has 3 aromatic rings. The summed E-state index contributed by atoms with van der Waals surface area (Å²) < 4.78 is 13.6. The minimum absolute atomic E-state index is 0.115. The zero-order chi connectivity index (χ0) is 23.2. The number of aromatic carboxylic acids is 1. The standard InChI is InChI=1S/C27H27FN2O3/c28-22-14-12-20(13-15-22)26(23-6-2-3-7-24(23)30-16-4-1-5-17-30)29-25(31)18-19-8-10-21(11-9-19)27(32)33/h2-3,6-15,26H,1,4-5,16-18H2,(H,29,31)(H,32,33).